The maximum absolute atomic E-state index is 5.08. The number of hydrogen-bond donors (Lipinski definition) is 0. The van der Waals surface area contributed by atoms with Crippen LogP contribution in [0.25, 0.3) is 49.7 Å². The summed E-state index contributed by atoms with van der Waals surface area (Å²) in [6, 6.07) is 46.4. The molecule has 0 aliphatic heterocycles. The number of aryl methyl sites for hydroxylation is 1. The molecule has 0 N–H and O–H groups in total. The summed E-state index contributed by atoms with van der Waals surface area (Å²) in [4.78, 5) is 9.44. The van der Waals surface area contributed by atoms with Crippen molar-refractivity contribution in [2.24, 2.45) is 9.98 Å². The number of aromatic nitrogens is 1. The first-order chi connectivity index (χ1) is 24.4. The zero-order valence-electron chi connectivity index (χ0n) is 29.5. The van der Waals surface area contributed by atoms with E-state index < -0.39 is 0 Å². The van der Waals surface area contributed by atoms with Gasteiger partial charge in [0.25, 0.3) is 0 Å². The molecule has 1 aromatic heterocycles. The van der Waals surface area contributed by atoms with Crippen LogP contribution in [0.1, 0.15) is 67.0 Å². The summed E-state index contributed by atoms with van der Waals surface area (Å²) in [7, 11) is 0. The quantitative estimate of drug-likeness (QED) is 0.116. The van der Waals surface area contributed by atoms with Crippen LogP contribution in [0.15, 0.2) is 137 Å². The average Bonchev–Trinajstić information content (AvgIpc) is 3.61. The molecule has 0 atom stereocenters. The smallest absolute Gasteiger partial charge is 0.154 e. The lowest BCUT2D eigenvalue weighted by atomic mass is 9.81. The largest absolute Gasteiger partial charge is 0.309 e. The molecule has 6 aromatic carbocycles. The number of amidine groups is 1. The van der Waals surface area contributed by atoms with E-state index in [1.807, 2.05) is 30.3 Å². The molecule has 7 aromatic rings. The minimum atomic E-state index is -0.162. The Morgan fingerprint density at radius 2 is 1.42 bits per heavy atom. The van der Waals surface area contributed by atoms with Crippen molar-refractivity contribution in [1.82, 2.24) is 4.57 Å². The number of aliphatic imine (C=N–C) groups is 2. The minimum Gasteiger partial charge on any atom is -0.309 e. The molecule has 0 bridgehead atoms. The fraction of sp³-hybridized carbons (Fsp3) is 0.191. The van der Waals surface area contributed by atoms with Crippen LogP contribution in [0.4, 0.5) is 0 Å². The molecule has 0 saturated heterocycles. The van der Waals surface area contributed by atoms with Gasteiger partial charge in [0.05, 0.1) is 17.6 Å². The predicted octanol–water partition coefficient (Wildman–Crippen LogP) is 12.1. The van der Waals surface area contributed by atoms with E-state index in [0.29, 0.717) is 12.4 Å². The van der Waals surface area contributed by atoms with Gasteiger partial charge in [-0.3, -0.25) is 4.99 Å². The molecule has 1 aliphatic rings. The van der Waals surface area contributed by atoms with Gasteiger partial charge in [0.15, 0.2) is 5.84 Å². The fourth-order valence-corrected chi connectivity index (χ4v) is 8.26. The van der Waals surface area contributed by atoms with Gasteiger partial charge in [0, 0.05) is 27.4 Å². The summed E-state index contributed by atoms with van der Waals surface area (Å²) in [5.74, 6) is 0.662. The van der Waals surface area contributed by atoms with Crippen LogP contribution >= 0.6 is 0 Å². The van der Waals surface area contributed by atoms with Gasteiger partial charge in [-0.1, -0.05) is 136 Å². The highest BCUT2D eigenvalue weighted by Gasteiger charge is 2.38. The lowest BCUT2D eigenvalue weighted by Gasteiger charge is -2.24. The second-order valence-corrected chi connectivity index (χ2v) is 14.1. The minimum absolute atomic E-state index is 0.162. The second-order valence-electron chi connectivity index (χ2n) is 14.1. The Balaban J connectivity index is 1.43. The molecule has 0 unspecified atom stereocenters. The van der Waals surface area contributed by atoms with E-state index in [0.717, 1.165) is 30.5 Å². The lowest BCUT2D eigenvalue weighted by molar-refractivity contribution is 0.664. The van der Waals surface area contributed by atoms with Crippen LogP contribution in [0.2, 0.25) is 0 Å². The van der Waals surface area contributed by atoms with Crippen LogP contribution in [-0.4, -0.2) is 17.1 Å². The highest BCUT2D eigenvalue weighted by molar-refractivity contribution is 6.13. The summed E-state index contributed by atoms with van der Waals surface area (Å²) in [5.41, 5.74) is 16.3. The van der Waals surface area contributed by atoms with Crippen LogP contribution in [0, 0.1) is 6.92 Å². The highest BCUT2D eigenvalue weighted by atomic mass is 15.0. The van der Waals surface area contributed by atoms with Crippen molar-refractivity contribution >= 4 is 34.4 Å². The first-order valence-corrected chi connectivity index (χ1v) is 17.9. The molecule has 3 heteroatoms. The Morgan fingerprint density at radius 1 is 0.700 bits per heavy atom. The summed E-state index contributed by atoms with van der Waals surface area (Å²) in [6.07, 6.45) is 3.37. The van der Waals surface area contributed by atoms with Gasteiger partial charge >= 0.3 is 0 Å². The fourth-order valence-electron chi connectivity index (χ4n) is 8.26. The molecule has 50 heavy (non-hydrogen) atoms. The van der Waals surface area contributed by atoms with Crippen LogP contribution in [0.5, 0.6) is 0 Å². The second kappa shape index (κ2) is 12.7. The molecule has 0 spiro atoms. The predicted molar refractivity (Wildman–Crippen MR) is 213 cm³/mol. The van der Waals surface area contributed by atoms with Crippen molar-refractivity contribution in [2.45, 2.75) is 58.9 Å². The van der Waals surface area contributed by atoms with Gasteiger partial charge in [-0.15, -0.1) is 0 Å². The highest BCUT2D eigenvalue weighted by Crippen LogP contribution is 2.53. The topological polar surface area (TPSA) is 29.6 Å². The van der Waals surface area contributed by atoms with Gasteiger partial charge in [-0.05, 0) is 94.8 Å². The first-order valence-electron chi connectivity index (χ1n) is 17.9. The summed E-state index contributed by atoms with van der Waals surface area (Å²) in [5, 5.41) is 2.55. The molecule has 1 heterocycles. The van der Waals surface area contributed by atoms with Crippen molar-refractivity contribution in [3.63, 3.8) is 0 Å². The molecular formula is C47H43N3. The van der Waals surface area contributed by atoms with E-state index in [4.69, 9.17) is 4.99 Å². The van der Waals surface area contributed by atoms with Crippen LogP contribution in [-0.2, 0) is 18.4 Å². The summed E-state index contributed by atoms with van der Waals surface area (Å²) >= 11 is 0. The SMILES string of the molecule is C=N/C(=N\Cc1cc(-n2c3ccccc3c3ccc4c(c32)C(C)(C)c2ccccc2-4)cc(-c2ccccc2CCCC)c1C)c1ccccc1. The third-order valence-electron chi connectivity index (χ3n) is 10.8. The number of hydrogen-bond acceptors (Lipinski definition) is 1. The van der Waals surface area contributed by atoms with E-state index in [2.05, 4.69) is 141 Å². The van der Waals surface area contributed by atoms with Gasteiger partial charge in [-0.2, -0.15) is 0 Å². The zero-order valence-corrected chi connectivity index (χ0v) is 29.5. The molecule has 0 fully saturated rings. The van der Waals surface area contributed by atoms with Crippen LogP contribution in [0.3, 0.4) is 0 Å². The summed E-state index contributed by atoms with van der Waals surface area (Å²) in [6.45, 7) is 13.7. The Hall–Kier alpha value is -5.54. The maximum Gasteiger partial charge on any atom is 0.154 e. The Morgan fingerprint density at radius 3 is 2.22 bits per heavy atom. The molecule has 1 aliphatic carbocycles. The van der Waals surface area contributed by atoms with Crippen molar-refractivity contribution < 1.29 is 0 Å². The van der Waals surface area contributed by atoms with Crippen LogP contribution < -0.4 is 0 Å². The average molecular weight is 650 g/mol. The van der Waals surface area contributed by atoms with Crippen molar-refractivity contribution in [3.8, 4) is 27.9 Å². The molecule has 0 radical (unpaired) electrons. The Kier molecular flexibility index (Phi) is 8.07. The number of para-hydroxylation sites is 1. The normalized spacial score (nSPS) is 13.5. The number of benzene rings is 6. The molecule has 0 amide bonds. The van der Waals surface area contributed by atoms with E-state index in [-0.39, 0.29) is 5.41 Å². The monoisotopic (exact) mass is 649 g/mol. The van der Waals surface area contributed by atoms with Gasteiger partial charge in [-0.25, -0.2) is 4.99 Å². The third-order valence-corrected chi connectivity index (χ3v) is 10.8. The Bertz CT molecular complexity index is 2440. The number of rotatable bonds is 8. The number of nitrogens with zero attached hydrogens (tertiary/aromatic N) is 3. The summed E-state index contributed by atoms with van der Waals surface area (Å²) < 4.78 is 2.53. The molecule has 3 nitrogen and oxygen atoms in total. The molecule has 0 saturated carbocycles. The number of fused-ring (bicyclic) bond motifs is 7. The standard InChI is InChI=1S/C47H43N3/c1-6-7-17-32-18-11-12-21-36(32)41-29-35(28-34(31(41)2)30-49-46(48-5)33-19-9-8-10-20-33)50-43-25-16-14-23-38(43)40-27-26-39-37-22-13-15-24-42(37)47(3,4)44(39)45(40)50/h8-16,18-29H,5-7,17,30H2,1-4H3/b49-46-. The first kappa shape index (κ1) is 31.7. The zero-order chi connectivity index (χ0) is 34.4. The van der Waals surface area contributed by atoms with Crippen molar-refractivity contribution in [3.05, 3.63) is 161 Å². The lowest BCUT2D eigenvalue weighted by Crippen LogP contribution is -2.16. The van der Waals surface area contributed by atoms with E-state index in [1.165, 1.54) is 71.9 Å². The van der Waals surface area contributed by atoms with Crippen molar-refractivity contribution in [2.75, 3.05) is 0 Å². The van der Waals surface area contributed by atoms with E-state index >= 15 is 0 Å². The van der Waals surface area contributed by atoms with Crippen molar-refractivity contribution in [1.29, 1.82) is 0 Å². The molecule has 8 rings (SSSR count). The Labute approximate surface area is 295 Å². The molecular weight excluding hydrogens is 607 g/mol. The van der Waals surface area contributed by atoms with Gasteiger partial charge in [0.1, 0.15) is 0 Å². The molecule has 246 valence electrons. The third kappa shape index (κ3) is 5.11. The number of unbranched alkanes of at least 4 members (excludes halogenated alkanes) is 1. The van der Waals surface area contributed by atoms with Gasteiger partial charge in [0.2, 0.25) is 0 Å². The van der Waals surface area contributed by atoms with E-state index in [1.54, 1.807) is 0 Å². The van der Waals surface area contributed by atoms with E-state index in [9.17, 15) is 0 Å². The maximum atomic E-state index is 5.08. The van der Waals surface area contributed by atoms with Gasteiger partial charge < -0.3 is 4.57 Å².